The molecular formula is C28H26N4O7. The molecule has 0 aliphatic carbocycles. The molecule has 2 aromatic heterocycles. The van der Waals surface area contributed by atoms with Crippen molar-refractivity contribution in [3.05, 3.63) is 67.3 Å². The molecule has 1 aliphatic heterocycles. The van der Waals surface area contributed by atoms with Gasteiger partial charge in [-0.25, -0.2) is 15.0 Å². The molecule has 4 aromatic rings. The maximum absolute atomic E-state index is 12.0. The van der Waals surface area contributed by atoms with Crippen LogP contribution in [-0.2, 0) is 33.3 Å². The molecule has 5 rings (SSSR count). The van der Waals surface area contributed by atoms with Gasteiger partial charge in [-0.05, 0) is 11.1 Å². The maximum Gasteiger partial charge on any atom is 0.303 e. The van der Waals surface area contributed by atoms with Crippen LogP contribution >= 0.6 is 0 Å². The van der Waals surface area contributed by atoms with Crippen LogP contribution in [-0.4, -0.2) is 62.3 Å². The van der Waals surface area contributed by atoms with Crippen LogP contribution in [0.3, 0.4) is 0 Å². The Kier molecular flexibility index (Phi) is 7.33. The first kappa shape index (κ1) is 26.0. The summed E-state index contributed by atoms with van der Waals surface area (Å²) in [5.41, 5.74) is 4.37. The van der Waals surface area contributed by atoms with E-state index in [0.717, 1.165) is 16.7 Å². The van der Waals surface area contributed by atoms with E-state index in [2.05, 4.69) is 15.0 Å². The van der Waals surface area contributed by atoms with Crippen molar-refractivity contribution < 1.29 is 33.3 Å². The number of imidazole rings is 1. The Hall–Kier alpha value is -4.64. The van der Waals surface area contributed by atoms with Crippen molar-refractivity contribution in [2.24, 2.45) is 0 Å². The Balaban J connectivity index is 1.59. The van der Waals surface area contributed by atoms with Crippen molar-refractivity contribution in [1.29, 1.82) is 0 Å². The zero-order chi connectivity index (χ0) is 27.5. The number of aromatic nitrogens is 4. The fraction of sp³-hybridized carbons (Fsp3) is 0.286. The monoisotopic (exact) mass is 530 g/mol. The molecule has 0 unspecified atom stereocenters. The van der Waals surface area contributed by atoms with Gasteiger partial charge >= 0.3 is 17.9 Å². The summed E-state index contributed by atoms with van der Waals surface area (Å²) in [6, 6.07) is 17.8. The van der Waals surface area contributed by atoms with Crippen molar-refractivity contribution in [1.82, 2.24) is 19.5 Å². The van der Waals surface area contributed by atoms with Gasteiger partial charge in [0.15, 0.2) is 24.1 Å². The van der Waals surface area contributed by atoms with Crippen LogP contribution in [0.2, 0.25) is 0 Å². The van der Waals surface area contributed by atoms with E-state index in [9.17, 15) is 14.4 Å². The van der Waals surface area contributed by atoms with Crippen LogP contribution in [0.4, 0.5) is 0 Å². The van der Waals surface area contributed by atoms with Crippen LogP contribution in [0.25, 0.3) is 33.5 Å². The summed E-state index contributed by atoms with van der Waals surface area (Å²) >= 11 is 0. The fourth-order valence-corrected chi connectivity index (χ4v) is 4.71. The van der Waals surface area contributed by atoms with Crippen LogP contribution in [0, 0.1) is 0 Å². The van der Waals surface area contributed by atoms with Crippen LogP contribution < -0.4 is 0 Å². The predicted molar refractivity (Wildman–Crippen MR) is 138 cm³/mol. The second-order valence-electron chi connectivity index (χ2n) is 8.97. The molecule has 39 heavy (non-hydrogen) atoms. The van der Waals surface area contributed by atoms with Gasteiger partial charge in [-0.15, -0.1) is 0 Å². The molecule has 2 aromatic carbocycles. The second-order valence-corrected chi connectivity index (χ2v) is 8.97. The van der Waals surface area contributed by atoms with Gasteiger partial charge < -0.3 is 18.9 Å². The van der Waals surface area contributed by atoms with E-state index < -0.39 is 42.4 Å². The van der Waals surface area contributed by atoms with Crippen LogP contribution in [0.5, 0.6) is 0 Å². The highest BCUT2D eigenvalue weighted by Gasteiger charge is 2.51. The van der Waals surface area contributed by atoms with Gasteiger partial charge in [-0.3, -0.25) is 19.0 Å². The van der Waals surface area contributed by atoms with Crippen molar-refractivity contribution in [3.8, 4) is 22.4 Å². The normalized spacial score (nSPS) is 20.5. The van der Waals surface area contributed by atoms with Crippen molar-refractivity contribution in [2.75, 3.05) is 6.61 Å². The smallest absolute Gasteiger partial charge is 0.303 e. The Morgan fingerprint density at radius 2 is 1.49 bits per heavy atom. The van der Waals surface area contributed by atoms with Crippen molar-refractivity contribution in [2.45, 2.75) is 45.3 Å². The Labute approximate surface area is 223 Å². The van der Waals surface area contributed by atoms with E-state index in [0.29, 0.717) is 16.9 Å². The Morgan fingerprint density at radius 1 is 0.821 bits per heavy atom. The van der Waals surface area contributed by atoms with E-state index in [1.165, 1.54) is 33.4 Å². The number of ether oxygens (including phenoxy) is 4. The summed E-state index contributed by atoms with van der Waals surface area (Å²) in [5.74, 6) is -1.74. The topological polar surface area (TPSA) is 132 Å². The summed E-state index contributed by atoms with van der Waals surface area (Å²) < 4.78 is 23.9. The molecule has 11 heteroatoms. The van der Waals surface area contributed by atoms with E-state index in [4.69, 9.17) is 18.9 Å². The minimum absolute atomic E-state index is 0.209. The molecule has 1 saturated heterocycles. The molecule has 3 heterocycles. The third-order valence-electron chi connectivity index (χ3n) is 6.24. The molecule has 1 aliphatic rings. The quantitative estimate of drug-likeness (QED) is 0.258. The van der Waals surface area contributed by atoms with E-state index in [1.807, 2.05) is 54.6 Å². The summed E-state index contributed by atoms with van der Waals surface area (Å²) in [7, 11) is 0. The predicted octanol–water partition coefficient (Wildman–Crippen LogP) is 3.48. The van der Waals surface area contributed by atoms with E-state index >= 15 is 0 Å². The van der Waals surface area contributed by atoms with Crippen molar-refractivity contribution >= 4 is 29.1 Å². The fourth-order valence-electron chi connectivity index (χ4n) is 4.71. The minimum atomic E-state index is -1.06. The lowest BCUT2D eigenvalue weighted by Gasteiger charge is -2.23. The van der Waals surface area contributed by atoms with Crippen LogP contribution in [0.15, 0.2) is 67.3 Å². The Morgan fingerprint density at radius 3 is 2.18 bits per heavy atom. The molecule has 0 N–H and O–H groups in total. The first-order chi connectivity index (χ1) is 18.8. The third kappa shape index (κ3) is 5.34. The highest BCUT2D eigenvalue weighted by atomic mass is 16.7. The van der Waals surface area contributed by atoms with Gasteiger partial charge in [0.1, 0.15) is 30.2 Å². The molecule has 11 nitrogen and oxygen atoms in total. The van der Waals surface area contributed by atoms with Gasteiger partial charge in [-0.1, -0.05) is 54.6 Å². The van der Waals surface area contributed by atoms with Gasteiger partial charge in [0.2, 0.25) is 0 Å². The SMILES string of the molecule is CC(=O)OC[C@H]1O[C@@H](n2cnc3c(-c4ccccc4-c4ccccc4)ncnc32)[C@H](OC(C)=O)[C@@H]1OC(C)=O. The number of carbonyl (C=O) groups is 3. The zero-order valence-corrected chi connectivity index (χ0v) is 21.5. The molecule has 0 radical (unpaired) electrons. The van der Waals surface area contributed by atoms with Crippen molar-refractivity contribution in [3.63, 3.8) is 0 Å². The van der Waals surface area contributed by atoms with Gasteiger partial charge in [0.05, 0.1) is 6.33 Å². The van der Waals surface area contributed by atoms with E-state index in [1.54, 1.807) is 4.57 Å². The lowest BCUT2D eigenvalue weighted by molar-refractivity contribution is -0.166. The highest BCUT2D eigenvalue weighted by Crippen LogP contribution is 2.38. The number of nitrogens with zero attached hydrogens (tertiary/aromatic N) is 4. The number of rotatable bonds is 7. The zero-order valence-electron chi connectivity index (χ0n) is 21.5. The summed E-state index contributed by atoms with van der Waals surface area (Å²) in [6.45, 7) is 3.52. The standard InChI is InChI=1S/C28H26N4O7/c1-16(33)36-13-22-25(37-17(2)34)26(38-18(3)35)28(39-22)32-15-31-24-23(29-14-30-27(24)32)21-12-8-7-11-20(21)19-9-5-4-6-10-19/h4-12,14-15,22,25-26,28H,13H2,1-3H3/t22-,25-,26-,28-/m1/s1. The Bertz CT molecular complexity index is 1520. The maximum atomic E-state index is 12.0. The molecule has 0 saturated carbocycles. The number of hydrogen-bond acceptors (Lipinski definition) is 10. The molecule has 0 amide bonds. The molecule has 1 fully saturated rings. The average molecular weight is 531 g/mol. The lowest BCUT2D eigenvalue weighted by Crippen LogP contribution is -2.40. The number of fused-ring (bicyclic) bond motifs is 1. The lowest BCUT2D eigenvalue weighted by atomic mass is 9.97. The molecular weight excluding hydrogens is 504 g/mol. The summed E-state index contributed by atoms with van der Waals surface area (Å²) in [5, 5.41) is 0. The molecule has 0 spiro atoms. The minimum Gasteiger partial charge on any atom is -0.463 e. The van der Waals surface area contributed by atoms with E-state index in [-0.39, 0.29) is 6.61 Å². The molecule has 4 atom stereocenters. The first-order valence-electron chi connectivity index (χ1n) is 12.3. The third-order valence-corrected chi connectivity index (χ3v) is 6.24. The number of benzene rings is 2. The number of carbonyl (C=O) groups excluding carboxylic acids is 3. The van der Waals surface area contributed by atoms with Gasteiger partial charge in [-0.2, -0.15) is 0 Å². The molecule has 200 valence electrons. The first-order valence-corrected chi connectivity index (χ1v) is 12.3. The number of hydrogen-bond donors (Lipinski definition) is 0. The van der Waals surface area contributed by atoms with Gasteiger partial charge in [0.25, 0.3) is 0 Å². The summed E-state index contributed by atoms with van der Waals surface area (Å²) in [6.07, 6.45) is -1.03. The second kappa shape index (κ2) is 11.0. The van der Waals surface area contributed by atoms with Gasteiger partial charge in [0, 0.05) is 26.3 Å². The summed E-state index contributed by atoms with van der Waals surface area (Å²) in [4.78, 5) is 49.0. The largest absolute Gasteiger partial charge is 0.463 e. The number of esters is 3. The van der Waals surface area contributed by atoms with Crippen LogP contribution in [0.1, 0.15) is 27.0 Å². The average Bonchev–Trinajstić information content (AvgIpc) is 3.49. The molecule has 0 bridgehead atoms. The highest BCUT2D eigenvalue weighted by molar-refractivity contribution is 5.93.